The van der Waals surface area contributed by atoms with Crippen LogP contribution in [0.3, 0.4) is 0 Å². The van der Waals surface area contributed by atoms with Crippen molar-refractivity contribution in [3.05, 3.63) is 42.5 Å². The molecule has 0 amide bonds. The van der Waals surface area contributed by atoms with Crippen molar-refractivity contribution in [1.82, 2.24) is 14.8 Å². The largest absolute Gasteiger partial charge is 0.388 e. The summed E-state index contributed by atoms with van der Waals surface area (Å²) in [5.41, 5.74) is 2.73. The lowest BCUT2D eigenvalue weighted by Crippen LogP contribution is -2.00. The third-order valence-electron chi connectivity index (χ3n) is 3.22. The quantitative estimate of drug-likeness (QED) is 0.773. The number of nitrogens with zero attached hydrogens (tertiary/aromatic N) is 3. The van der Waals surface area contributed by atoms with E-state index in [1.54, 1.807) is 31.6 Å². The molecule has 0 spiro atoms. The van der Waals surface area contributed by atoms with Crippen molar-refractivity contribution in [3.63, 3.8) is 0 Å². The highest BCUT2D eigenvalue weighted by Gasteiger charge is 2.09. The summed E-state index contributed by atoms with van der Waals surface area (Å²) in [6.07, 6.45) is 3.50. The van der Waals surface area contributed by atoms with Crippen molar-refractivity contribution in [2.75, 3.05) is 24.2 Å². The normalized spacial score (nSPS) is 10.8. The second kappa shape index (κ2) is 5.40. The van der Waals surface area contributed by atoms with Crippen molar-refractivity contribution in [2.45, 2.75) is 6.92 Å². The van der Waals surface area contributed by atoms with Gasteiger partial charge in [-0.25, -0.2) is 14.1 Å². The minimum Gasteiger partial charge on any atom is -0.388 e. The van der Waals surface area contributed by atoms with E-state index in [0.717, 1.165) is 23.3 Å². The topological polar surface area (TPSA) is 54.8 Å². The average Bonchev–Trinajstić information content (AvgIpc) is 2.91. The van der Waals surface area contributed by atoms with Crippen LogP contribution in [0.2, 0.25) is 0 Å². The van der Waals surface area contributed by atoms with E-state index in [2.05, 4.69) is 20.7 Å². The third kappa shape index (κ3) is 2.52. The number of anilines is 2. The first-order valence-corrected chi connectivity index (χ1v) is 6.78. The Balaban J connectivity index is 2.08. The molecule has 21 heavy (non-hydrogen) atoms. The molecule has 2 aromatic heterocycles. The molecular formula is C15H16FN5. The average molecular weight is 285 g/mol. The number of benzene rings is 1. The molecule has 0 unspecified atom stereocenters. The number of aromatic nitrogens is 3. The van der Waals surface area contributed by atoms with Crippen LogP contribution in [0.15, 0.2) is 36.7 Å². The Kier molecular flexibility index (Phi) is 3.43. The molecule has 2 heterocycles. The number of fused-ring (bicyclic) bond motifs is 1. The first-order chi connectivity index (χ1) is 10.2. The molecule has 0 atom stereocenters. The fourth-order valence-corrected chi connectivity index (χ4v) is 2.18. The highest BCUT2D eigenvalue weighted by Crippen LogP contribution is 2.21. The summed E-state index contributed by atoms with van der Waals surface area (Å²) >= 11 is 0. The highest BCUT2D eigenvalue weighted by molar-refractivity contribution is 5.78. The van der Waals surface area contributed by atoms with Crippen LogP contribution >= 0.6 is 0 Å². The second-order valence-corrected chi connectivity index (χ2v) is 4.66. The zero-order valence-corrected chi connectivity index (χ0v) is 11.9. The predicted molar refractivity (Wildman–Crippen MR) is 82.5 cm³/mol. The fraction of sp³-hybridized carbons (Fsp3) is 0.200. The van der Waals surface area contributed by atoms with Crippen molar-refractivity contribution >= 4 is 22.4 Å². The van der Waals surface area contributed by atoms with Crippen LogP contribution in [0.5, 0.6) is 0 Å². The summed E-state index contributed by atoms with van der Waals surface area (Å²) < 4.78 is 15.5. The lowest BCUT2D eigenvalue weighted by molar-refractivity contribution is 0.611. The Bertz CT molecular complexity index is 781. The maximum absolute atomic E-state index is 14.0. The molecular weight excluding hydrogens is 269 g/mol. The van der Waals surface area contributed by atoms with Gasteiger partial charge in [-0.3, -0.25) is 0 Å². The minimum absolute atomic E-state index is 0.325. The van der Waals surface area contributed by atoms with Crippen LogP contribution in [0.1, 0.15) is 6.92 Å². The summed E-state index contributed by atoms with van der Waals surface area (Å²) in [6, 6.07) is 6.77. The van der Waals surface area contributed by atoms with Gasteiger partial charge in [0.15, 0.2) is 5.65 Å². The van der Waals surface area contributed by atoms with Gasteiger partial charge in [-0.15, -0.1) is 5.10 Å². The smallest absolute Gasteiger partial charge is 0.181 e. The Labute approximate surface area is 121 Å². The third-order valence-corrected chi connectivity index (χ3v) is 3.22. The maximum Gasteiger partial charge on any atom is 0.181 e. The number of hydrogen-bond acceptors (Lipinski definition) is 4. The summed E-state index contributed by atoms with van der Waals surface area (Å²) in [6.45, 7) is 2.84. The summed E-state index contributed by atoms with van der Waals surface area (Å²) in [7, 11) is 1.79. The van der Waals surface area contributed by atoms with E-state index in [-0.39, 0.29) is 5.82 Å². The lowest BCUT2D eigenvalue weighted by atomic mass is 10.2. The van der Waals surface area contributed by atoms with Gasteiger partial charge in [-0.2, -0.15) is 0 Å². The monoisotopic (exact) mass is 285 g/mol. The highest BCUT2D eigenvalue weighted by atomic mass is 19.1. The lowest BCUT2D eigenvalue weighted by Gasteiger charge is -2.05. The number of halogens is 1. The molecule has 0 aliphatic carbocycles. The van der Waals surface area contributed by atoms with E-state index in [0.29, 0.717) is 11.3 Å². The van der Waals surface area contributed by atoms with Gasteiger partial charge in [0, 0.05) is 30.9 Å². The molecule has 6 heteroatoms. The molecule has 0 radical (unpaired) electrons. The van der Waals surface area contributed by atoms with Crippen molar-refractivity contribution in [3.8, 4) is 5.69 Å². The van der Waals surface area contributed by atoms with E-state index >= 15 is 0 Å². The van der Waals surface area contributed by atoms with Crippen LogP contribution in [0, 0.1) is 5.82 Å². The van der Waals surface area contributed by atoms with Gasteiger partial charge in [0.05, 0.1) is 11.9 Å². The Morgan fingerprint density at radius 1 is 1.24 bits per heavy atom. The van der Waals surface area contributed by atoms with Crippen LogP contribution in [0.4, 0.5) is 15.8 Å². The van der Waals surface area contributed by atoms with Gasteiger partial charge < -0.3 is 10.6 Å². The predicted octanol–water partition coefficient (Wildman–Crippen LogP) is 3.03. The molecule has 3 rings (SSSR count). The van der Waals surface area contributed by atoms with Crippen LogP contribution in [-0.2, 0) is 0 Å². The zero-order valence-electron chi connectivity index (χ0n) is 11.9. The van der Waals surface area contributed by atoms with Crippen molar-refractivity contribution in [2.24, 2.45) is 0 Å². The van der Waals surface area contributed by atoms with Gasteiger partial charge in [-0.1, -0.05) is 0 Å². The Hall–Kier alpha value is -2.63. The molecule has 0 saturated carbocycles. The van der Waals surface area contributed by atoms with Gasteiger partial charge in [0.2, 0.25) is 0 Å². The summed E-state index contributed by atoms with van der Waals surface area (Å²) in [5.74, 6) is -0.325. The Morgan fingerprint density at radius 3 is 2.86 bits per heavy atom. The molecule has 0 bridgehead atoms. The van der Waals surface area contributed by atoms with Crippen molar-refractivity contribution in [1.29, 1.82) is 0 Å². The molecule has 0 aliphatic heterocycles. The van der Waals surface area contributed by atoms with Crippen molar-refractivity contribution < 1.29 is 4.39 Å². The molecule has 5 nitrogen and oxygen atoms in total. The molecule has 108 valence electrons. The fourth-order valence-electron chi connectivity index (χ4n) is 2.18. The number of nitrogens with one attached hydrogen (secondary N) is 2. The van der Waals surface area contributed by atoms with E-state index in [1.807, 2.05) is 13.0 Å². The van der Waals surface area contributed by atoms with Crippen LogP contribution < -0.4 is 10.6 Å². The maximum atomic E-state index is 14.0. The van der Waals surface area contributed by atoms with Gasteiger partial charge in [0.1, 0.15) is 11.5 Å². The van der Waals surface area contributed by atoms with Gasteiger partial charge in [-0.05, 0) is 31.2 Å². The van der Waals surface area contributed by atoms with E-state index < -0.39 is 0 Å². The number of rotatable bonds is 4. The molecule has 3 aromatic rings. The van der Waals surface area contributed by atoms with Crippen LogP contribution in [0.25, 0.3) is 16.7 Å². The zero-order chi connectivity index (χ0) is 14.8. The number of pyridine rings is 1. The van der Waals surface area contributed by atoms with Gasteiger partial charge >= 0.3 is 0 Å². The molecule has 0 fully saturated rings. The van der Waals surface area contributed by atoms with E-state index in [4.69, 9.17) is 0 Å². The first kappa shape index (κ1) is 13.4. The first-order valence-electron chi connectivity index (χ1n) is 6.78. The summed E-state index contributed by atoms with van der Waals surface area (Å²) in [4.78, 5) is 4.29. The minimum atomic E-state index is -0.325. The van der Waals surface area contributed by atoms with E-state index in [1.165, 1.54) is 10.7 Å². The van der Waals surface area contributed by atoms with Gasteiger partial charge in [0.25, 0.3) is 0 Å². The standard InChI is InChI=1S/C15H16FN5/c1-3-18-12-6-10-9-21(20-15(10)19-8-12)14-7-11(17-2)4-5-13(14)16/h4-9,17-18H,3H2,1-2H3. The molecule has 0 saturated heterocycles. The molecule has 2 N–H and O–H groups in total. The Morgan fingerprint density at radius 2 is 2.10 bits per heavy atom. The SMILES string of the molecule is CCNc1cnc2nn(-c3cc(NC)ccc3F)cc2c1. The molecule has 1 aromatic carbocycles. The second-order valence-electron chi connectivity index (χ2n) is 4.66. The summed E-state index contributed by atoms with van der Waals surface area (Å²) in [5, 5.41) is 11.4. The molecule has 0 aliphatic rings. The van der Waals surface area contributed by atoms with E-state index in [9.17, 15) is 4.39 Å². The number of hydrogen-bond donors (Lipinski definition) is 2. The van der Waals surface area contributed by atoms with Crippen LogP contribution in [-0.4, -0.2) is 28.4 Å².